The van der Waals surface area contributed by atoms with Gasteiger partial charge in [-0.1, -0.05) is 97.1 Å². The van der Waals surface area contributed by atoms with Crippen LogP contribution in [0.2, 0.25) is 0 Å². The lowest BCUT2D eigenvalue weighted by atomic mass is 9.98. The minimum Gasteiger partial charge on any atom is -0.307 e. The number of para-hydroxylation sites is 4. The number of benzene rings is 6. The predicted octanol–water partition coefficient (Wildman–Crippen LogP) is 9.03. The first-order chi connectivity index (χ1) is 17.9. The molecule has 0 unspecified atom stereocenters. The van der Waals surface area contributed by atoms with Crippen molar-refractivity contribution in [2.24, 2.45) is 0 Å². The minimum absolute atomic E-state index is 1.17. The lowest BCUT2D eigenvalue weighted by molar-refractivity contribution is 1.15. The topological polar surface area (TPSA) is 9.86 Å². The van der Waals surface area contributed by atoms with Gasteiger partial charge in [-0.15, -0.1) is 0 Å². The Hall–Kier alpha value is -4.82. The number of hydrogen-bond acceptors (Lipinski definition) is 0. The van der Waals surface area contributed by atoms with Crippen LogP contribution in [0.3, 0.4) is 0 Å². The smallest absolute Gasteiger partial charge is 0.0795 e. The van der Waals surface area contributed by atoms with E-state index in [0.717, 1.165) is 0 Å². The average Bonchev–Trinajstić information content (AvgIpc) is 3.48. The van der Waals surface area contributed by atoms with Gasteiger partial charge in [0.1, 0.15) is 0 Å². The number of rotatable bonds is 2. The van der Waals surface area contributed by atoms with Crippen molar-refractivity contribution in [3.63, 3.8) is 0 Å². The highest BCUT2D eigenvalue weighted by molar-refractivity contribution is 6.36. The van der Waals surface area contributed by atoms with Crippen LogP contribution in [-0.4, -0.2) is 9.13 Å². The van der Waals surface area contributed by atoms with E-state index in [1.165, 1.54) is 65.8 Å². The average molecular weight is 459 g/mol. The molecule has 2 nitrogen and oxygen atoms in total. The van der Waals surface area contributed by atoms with E-state index in [2.05, 4.69) is 143 Å². The molecule has 0 radical (unpaired) electrons. The van der Waals surface area contributed by atoms with Gasteiger partial charge < -0.3 is 9.13 Å². The van der Waals surface area contributed by atoms with E-state index < -0.39 is 0 Å². The van der Waals surface area contributed by atoms with Crippen LogP contribution in [0.1, 0.15) is 0 Å². The molecule has 2 heterocycles. The monoisotopic (exact) mass is 458 g/mol. The van der Waals surface area contributed by atoms with Gasteiger partial charge in [0.25, 0.3) is 0 Å². The standard InChI is InChI=1S/C34H22N2/c1-3-13-23(14-4-1)35-29-21-11-9-19-27(29)31-25-17-7-8-18-26(25)32-28-20-10-12-22-30(28)36(34(32)33(31)35)24-15-5-2-6-16-24/h1-22H. The zero-order valence-electron chi connectivity index (χ0n) is 19.6. The Bertz CT molecular complexity index is 1930. The fraction of sp³-hybridized carbons (Fsp3) is 0. The third kappa shape index (κ3) is 2.50. The molecule has 0 spiro atoms. The van der Waals surface area contributed by atoms with Crippen LogP contribution in [0.5, 0.6) is 0 Å². The van der Waals surface area contributed by atoms with Crippen LogP contribution < -0.4 is 0 Å². The lowest BCUT2D eigenvalue weighted by Crippen LogP contribution is -1.98. The molecule has 0 aliphatic rings. The van der Waals surface area contributed by atoms with Crippen LogP contribution in [0, 0.1) is 0 Å². The van der Waals surface area contributed by atoms with E-state index in [9.17, 15) is 0 Å². The summed E-state index contributed by atoms with van der Waals surface area (Å²) in [5.74, 6) is 0. The molecule has 36 heavy (non-hydrogen) atoms. The van der Waals surface area contributed by atoms with Gasteiger partial charge >= 0.3 is 0 Å². The van der Waals surface area contributed by atoms with Gasteiger partial charge in [0.15, 0.2) is 0 Å². The summed E-state index contributed by atoms with van der Waals surface area (Å²) in [6.45, 7) is 0. The molecule has 2 aromatic heterocycles. The highest BCUT2D eigenvalue weighted by Gasteiger charge is 2.24. The molecule has 2 heteroatoms. The second kappa shape index (κ2) is 7.34. The number of aromatic nitrogens is 2. The van der Waals surface area contributed by atoms with E-state index in [-0.39, 0.29) is 0 Å². The van der Waals surface area contributed by atoms with Gasteiger partial charge in [0.2, 0.25) is 0 Å². The molecule has 6 aromatic carbocycles. The summed E-state index contributed by atoms with van der Waals surface area (Å²) in [5.41, 5.74) is 7.28. The van der Waals surface area contributed by atoms with E-state index in [1.54, 1.807) is 0 Å². The molecule has 0 fully saturated rings. The molecule has 0 saturated heterocycles. The van der Waals surface area contributed by atoms with Crippen LogP contribution >= 0.6 is 0 Å². The van der Waals surface area contributed by atoms with Crippen molar-refractivity contribution in [1.29, 1.82) is 0 Å². The fourth-order valence-corrected chi connectivity index (χ4v) is 6.08. The molecule has 0 atom stereocenters. The highest BCUT2D eigenvalue weighted by atomic mass is 15.0. The molecule has 8 aromatic rings. The van der Waals surface area contributed by atoms with Crippen molar-refractivity contribution in [3.05, 3.63) is 133 Å². The molecule has 0 saturated carbocycles. The SMILES string of the molecule is c1ccc(-n2c3ccccc3c3c4ccccc4c4c5ccccc5n(-c5ccccc5)c4c32)cc1. The summed E-state index contributed by atoms with van der Waals surface area (Å²) in [6.07, 6.45) is 0. The van der Waals surface area contributed by atoms with Gasteiger partial charge in [0.05, 0.1) is 22.1 Å². The molecule has 168 valence electrons. The minimum atomic E-state index is 1.17. The summed E-state index contributed by atoms with van der Waals surface area (Å²) in [4.78, 5) is 0. The van der Waals surface area contributed by atoms with Crippen LogP contribution in [-0.2, 0) is 0 Å². The van der Waals surface area contributed by atoms with Gasteiger partial charge in [0, 0.05) is 32.9 Å². The van der Waals surface area contributed by atoms with Gasteiger partial charge in [-0.3, -0.25) is 0 Å². The quantitative estimate of drug-likeness (QED) is 0.244. The Morgan fingerprint density at radius 2 is 0.639 bits per heavy atom. The van der Waals surface area contributed by atoms with Crippen molar-refractivity contribution in [2.75, 3.05) is 0 Å². The third-order valence-corrected chi connectivity index (χ3v) is 7.47. The normalized spacial score (nSPS) is 11.9. The van der Waals surface area contributed by atoms with Gasteiger partial charge in [-0.25, -0.2) is 0 Å². The summed E-state index contributed by atoms with van der Waals surface area (Å²) in [5, 5.41) is 7.75. The van der Waals surface area contributed by atoms with Crippen molar-refractivity contribution in [3.8, 4) is 11.4 Å². The Balaban J connectivity index is 1.79. The summed E-state index contributed by atoms with van der Waals surface area (Å²) in [7, 11) is 0. The molecule has 0 amide bonds. The summed E-state index contributed by atoms with van der Waals surface area (Å²) < 4.78 is 4.91. The Kier molecular flexibility index (Phi) is 3.97. The molecule has 0 aliphatic heterocycles. The Morgan fingerprint density at radius 1 is 0.306 bits per heavy atom. The zero-order valence-corrected chi connectivity index (χ0v) is 19.6. The zero-order chi connectivity index (χ0) is 23.6. The maximum atomic E-state index is 2.46. The first-order valence-corrected chi connectivity index (χ1v) is 12.4. The first kappa shape index (κ1) is 19.5. The van der Waals surface area contributed by atoms with Crippen molar-refractivity contribution >= 4 is 54.4 Å². The van der Waals surface area contributed by atoms with E-state index in [1.807, 2.05) is 0 Å². The predicted molar refractivity (Wildman–Crippen MR) is 153 cm³/mol. The molecule has 0 N–H and O–H groups in total. The molecule has 0 aliphatic carbocycles. The lowest BCUT2D eigenvalue weighted by Gasteiger charge is -2.13. The highest BCUT2D eigenvalue weighted by Crippen LogP contribution is 2.46. The fourth-order valence-electron chi connectivity index (χ4n) is 6.08. The van der Waals surface area contributed by atoms with E-state index in [4.69, 9.17) is 0 Å². The van der Waals surface area contributed by atoms with Crippen LogP contribution in [0.25, 0.3) is 65.8 Å². The van der Waals surface area contributed by atoms with E-state index >= 15 is 0 Å². The number of fused-ring (bicyclic) bond motifs is 10. The molecular formula is C34H22N2. The van der Waals surface area contributed by atoms with Gasteiger partial charge in [-0.2, -0.15) is 0 Å². The third-order valence-electron chi connectivity index (χ3n) is 7.47. The molecule has 8 rings (SSSR count). The van der Waals surface area contributed by atoms with Crippen molar-refractivity contribution < 1.29 is 0 Å². The second-order valence-corrected chi connectivity index (χ2v) is 9.37. The molecular weight excluding hydrogens is 436 g/mol. The van der Waals surface area contributed by atoms with Gasteiger partial charge in [-0.05, 0) is 47.2 Å². The maximum absolute atomic E-state index is 2.46. The Labute approximate surface area is 208 Å². The largest absolute Gasteiger partial charge is 0.307 e. The first-order valence-electron chi connectivity index (χ1n) is 12.4. The van der Waals surface area contributed by atoms with Crippen molar-refractivity contribution in [2.45, 2.75) is 0 Å². The van der Waals surface area contributed by atoms with E-state index in [0.29, 0.717) is 0 Å². The van der Waals surface area contributed by atoms with Crippen molar-refractivity contribution in [1.82, 2.24) is 9.13 Å². The Morgan fingerprint density at radius 3 is 1.06 bits per heavy atom. The maximum Gasteiger partial charge on any atom is 0.0795 e. The van der Waals surface area contributed by atoms with Crippen LogP contribution in [0.15, 0.2) is 133 Å². The summed E-state index contributed by atoms with van der Waals surface area (Å²) >= 11 is 0. The second-order valence-electron chi connectivity index (χ2n) is 9.37. The number of nitrogens with zero attached hydrogens (tertiary/aromatic N) is 2. The number of hydrogen-bond donors (Lipinski definition) is 0. The van der Waals surface area contributed by atoms with Crippen LogP contribution in [0.4, 0.5) is 0 Å². The summed E-state index contributed by atoms with van der Waals surface area (Å²) in [6, 6.07) is 48.1. The molecule has 0 bridgehead atoms.